The maximum absolute atomic E-state index is 12.4. The Morgan fingerprint density at radius 2 is 2.15 bits per heavy atom. The fraction of sp³-hybridized carbons (Fsp3) is 0.538. The van der Waals surface area contributed by atoms with E-state index in [-0.39, 0.29) is 17.2 Å². The molecule has 3 N–H and O–H groups in total. The Labute approximate surface area is 130 Å². The van der Waals surface area contributed by atoms with Crippen LogP contribution in [0, 0.1) is 12.3 Å². The predicted octanol–water partition coefficient (Wildman–Crippen LogP) is 2.81. The SMILES string of the molecule is Cc1cc(C(=O)N2CCC(C)(/C(N)=N/O)CC2)sc1Br. The minimum atomic E-state index is -0.322. The molecule has 1 aliphatic heterocycles. The van der Waals surface area contributed by atoms with E-state index >= 15 is 0 Å². The van der Waals surface area contributed by atoms with E-state index in [1.54, 1.807) is 0 Å². The second kappa shape index (κ2) is 5.73. The monoisotopic (exact) mass is 359 g/mol. The maximum atomic E-state index is 12.4. The summed E-state index contributed by atoms with van der Waals surface area (Å²) < 4.78 is 0.999. The van der Waals surface area contributed by atoms with Crippen LogP contribution in [0.1, 0.15) is 35.0 Å². The number of hydrogen-bond donors (Lipinski definition) is 2. The van der Waals surface area contributed by atoms with Gasteiger partial charge in [0.15, 0.2) is 0 Å². The lowest BCUT2D eigenvalue weighted by Gasteiger charge is -2.38. The van der Waals surface area contributed by atoms with E-state index in [1.165, 1.54) is 11.3 Å². The number of aryl methyl sites for hydroxylation is 1. The first-order valence-electron chi connectivity index (χ1n) is 6.40. The third kappa shape index (κ3) is 2.83. The molecule has 1 saturated heterocycles. The number of likely N-dealkylation sites (tertiary alicyclic amines) is 1. The van der Waals surface area contributed by atoms with Crippen molar-refractivity contribution in [1.82, 2.24) is 4.90 Å². The molecule has 7 heteroatoms. The van der Waals surface area contributed by atoms with E-state index in [4.69, 9.17) is 10.9 Å². The fourth-order valence-corrected chi connectivity index (χ4v) is 3.80. The first kappa shape index (κ1) is 15.3. The Morgan fingerprint density at radius 3 is 2.60 bits per heavy atom. The molecule has 1 amide bonds. The number of carbonyl (C=O) groups excluding carboxylic acids is 1. The molecule has 0 atom stereocenters. The van der Waals surface area contributed by atoms with Gasteiger partial charge in [0.2, 0.25) is 0 Å². The first-order valence-corrected chi connectivity index (χ1v) is 8.01. The molecule has 110 valence electrons. The van der Waals surface area contributed by atoms with Crippen molar-refractivity contribution in [1.29, 1.82) is 0 Å². The summed E-state index contributed by atoms with van der Waals surface area (Å²) in [7, 11) is 0. The van der Waals surface area contributed by atoms with Crippen LogP contribution in [-0.4, -0.2) is 34.9 Å². The molecule has 2 heterocycles. The van der Waals surface area contributed by atoms with E-state index in [2.05, 4.69) is 21.1 Å². The number of rotatable bonds is 2. The van der Waals surface area contributed by atoms with Crippen molar-refractivity contribution in [3.63, 3.8) is 0 Å². The zero-order valence-corrected chi connectivity index (χ0v) is 13.9. The van der Waals surface area contributed by atoms with Gasteiger partial charge in [0.1, 0.15) is 5.84 Å². The van der Waals surface area contributed by atoms with Gasteiger partial charge in [-0.15, -0.1) is 11.3 Å². The Morgan fingerprint density at radius 1 is 1.55 bits per heavy atom. The van der Waals surface area contributed by atoms with Crippen molar-refractivity contribution >= 4 is 39.0 Å². The Hall–Kier alpha value is -1.08. The molecular weight excluding hydrogens is 342 g/mol. The first-order chi connectivity index (χ1) is 9.37. The summed E-state index contributed by atoms with van der Waals surface area (Å²) in [4.78, 5) is 15.0. The van der Waals surface area contributed by atoms with Crippen molar-refractivity contribution in [3.8, 4) is 0 Å². The van der Waals surface area contributed by atoms with Crippen LogP contribution in [0.5, 0.6) is 0 Å². The topological polar surface area (TPSA) is 78.9 Å². The van der Waals surface area contributed by atoms with Crippen LogP contribution in [0.3, 0.4) is 0 Å². The smallest absolute Gasteiger partial charge is 0.263 e. The normalized spacial score (nSPS) is 19.1. The molecule has 1 aromatic heterocycles. The van der Waals surface area contributed by atoms with Gasteiger partial charge in [0.05, 0.1) is 8.66 Å². The molecule has 0 radical (unpaired) electrons. The van der Waals surface area contributed by atoms with Gasteiger partial charge in [0, 0.05) is 18.5 Å². The molecule has 0 saturated carbocycles. The van der Waals surface area contributed by atoms with Gasteiger partial charge in [0.25, 0.3) is 5.91 Å². The molecular formula is C13H18BrN3O2S. The molecule has 5 nitrogen and oxygen atoms in total. The van der Waals surface area contributed by atoms with Gasteiger partial charge in [-0.1, -0.05) is 12.1 Å². The Kier molecular flexibility index (Phi) is 4.39. The molecule has 2 rings (SSSR count). The van der Waals surface area contributed by atoms with Crippen LogP contribution in [0.25, 0.3) is 0 Å². The standard InChI is InChI=1S/C13H18BrN3O2S/c1-8-7-9(20-10(8)14)11(18)17-5-3-13(2,4-6-17)12(15)16-19/h7,19H,3-6H2,1-2H3,(H2,15,16). The molecule has 1 aromatic rings. The van der Waals surface area contributed by atoms with Crippen LogP contribution in [-0.2, 0) is 0 Å². The summed E-state index contributed by atoms with van der Waals surface area (Å²) in [6, 6.07) is 1.91. The molecule has 0 spiro atoms. The Bertz CT molecular complexity index is 528. The second-order valence-corrected chi connectivity index (χ2v) is 7.78. The number of nitrogens with zero attached hydrogens (tertiary/aromatic N) is 2. The highest BCUT2D eigenvalue weighted by atomic mass is 79.9. The number of carbonyl (C=O) groups is 1. The van der Waals surface area contributed by atoms with E-state index in [0.717, 1.165) is 14.2 Å². The molecule has 20 heavy (non-hydrogen) atoms. The number of oxime groups is 1. The number of amidine groups is 1. The minimum absolute atomic E-state index is 0.0605. The van der Waals surface area contributed by atoms with E-state index in [9.17, 15) is 4.79 Å². The highest BCUT2D eigenvalue weighted by Crippen LogP contribution is 2.33. The molecule has 1 aliphatic rings. The van der Waals surface area contributed by atoms with Crippen LogP contribution in [0.2, 0.25) is 0 Å². The summed E-state index contributed by atoms with van der Waals surface area (Å²) in [6.45, 7) is 5.19. The fourth-order valence-electron chi connectivity index (χ4n) is 2.30. The number of thiophene rings is 1. The third-order valence-electron chi connectivity index (χ3n) is 3.95. The van der Waals surface area contributed by atoms with Crippen LogP contribution < -0.4 is 5.73 Å². The van der Waals surface area contributed by atoms with Crippen molar-refractivity contribution < 1.29 is 10.0 Å². The molecule has 0 aromatic carbocycles. The number of amides is 1. The highest BCUT2D eigenvalue weighted by Gasteiger charge is 2.36. The van der Waals surface area contributed by atoms with Crippen molar-refractivity contribution in [2.24, 2.45) is 16.3 Å². The molecule has 0 bridgehead atoms. The van der Waals surface area contributed by atoms with Crippen molar-refractivity contribution in [2.45, 2.75) is 26.7 Å². The summed E-state index contributed by atoms with van der Waals surface area (Å²) in [6.07, 6.45) is 1.42. The van der Waals surface area contributed by atoms with E-state index < -0.39 is 0 Å². The molecule has 1 fully saturated rings. The summed E-state index contributed by atoms with van der Waals surface area (Å²) >= 11 is 4.91. The quantitative estimate of drug-likeness (QED) is 0.368. The van der Waals surface area contributed by atoms with Gasteiger partial charge < -0.3 is 15.8 Å². The maximum Gasteiger partial charge on any atom is 0.263 e. The van der Waals surface area contributed by atoms with E-state index in [1.807, 2.05) is 24.8 Å². The molecule has 0 aliphatic carbocycles. The summed E-state index contributed by atoms with van der Waals surface area (Å²) in [5.41, 5.74) is 6.49. The van der Waals surface area contributed by atoms with Crippen LogP contribution in [0.4, 0.5) is 0 Å². The average molecular weight is 360 g/mol. The zero-order valence-electron chi connectivity index (χ0n) is 11.5. The van der Waals surface area contributed by atoms with Gasteiger partial charge in [-0.25, -0.2) is 0 Å². The summed E-state index contributed by atoms with van der Waals surface area (Å²) in [5, 5.41) is 11.9. The van der Waals surface area contributed by atoms with Gasteiger partial charge in [-0.05, 0) is 47.3 Å². The average Bonchev–Trinajstić information content (AvgIpc) is 2.78. The largest absolute Gasteiger partial charge is 0.409 e. The highest BCUT2D eigenvalue weighted by molar-refractivity contribution is 9.11. The zero-order chi connectivity index (χ0) is 14.9. The number of piperidine rings is 1. The lowest BCUT2D eigenvalue weighted by atomic mass is 9.79. The number of halogens is 1. The summed E-state index contributed by atoms with van der Waals surface area (Å²) in [5.74, 6) is 0.310. The van der Waals surface area contributed by atoms with Gasteiger partial charge in [-0.2, -0.15) is 0 Å². The van der Waals surface area contributed by atoms with E-state index in [0.29, 0.717) is 25.9 Å². The Balaban J connectivity index is 2.06. The van der Waals surface area contributed by atoms with Gasteiger partial charge >= 0.3 is 0 Å². The van der Waals surface area contributed by atoms with Crippen LogP contribution in [0.15, 0.2) is 15.0 Å². The predicted molar refractivity (Wildman–Crippen MR) is 83.4 cm³/mol. The van der Waals surface area contributed by atoms with Crippen molar-refractivity contribution in [2.75, 3.05) is 13.1 Å². The van der Waals surface area contributed by atoms with Gasteiger partial charge in [-0.3, -0.25) is 4.79 Å². The lowest BCUT2D eigenvalue weighted by molar-refractivity contribution is 0.0671. The lowest BCUT2D eigenvalue weighted by Crippen LogP contribution is -2.47. The van der Waals surface area contributed by atoms with Crippen LogP contribution >= 0.6 is 27.3 Å². The molecule has 0 unspecified atom stereocenters. The number of hydrogen-bond acceptors (Lipinski definition) is 4. The van der Waals surface area contributed by atoms with Crippen molar-refractivity contribution in [3.05, 3.63) is 20.3 Å². The number of nitrogens with two attached hydrogens (primary N) is 1. The third-order valence-corrected chi connectivity index (χ3v) is 6.07. The second-order valence-electron chi connectivity index (χ2n) is 5.41. The minimum Gasteiger partial charge on any atom is -0.409 e.